The Morgan fingerprint density at radius 2 is 1.81 bits per heavy atom. The van der Waals surface area contributed by atoms with Gasteiger partial charge >= 0.3 is 6.18 Å². The highest BCUT2D eigenvalue weighted by molar-refractivity contribution is 6.33. The van der Waals surface area contributed by atoms with Crippen LogP contribution in [-0.2, 0) is 15.8 Å². The summed E-state index contributed by atoms with van der Waals surface area (Å²) in [6, 6.07) is 2.72. The molecule has 1 heterocycles. The first-order chi connectivity index (χ1) is 14.6. The van der Waals surface area contributed by atoms with E-state index < -0.39 is 17.6 Å². The molecule has 1 aromatic carbocycles. The zero-order valence-corrected chi connectivity index (χ0v) is 18.5. The number of allylic oxidation sites excluding steroid dienone is 1. The van der Waals surface area contributed by atoms with Crippen LogP contribution >= 0.6 is 11.6 Å². The molecule has 0 spiro atoms. The molecule has 1 aliphatic heterocycles. The summed E-state index contributed by atoms with van der Waals surface area (Å²) in [7, 11) is 3.56. The lowest BCUT2D eigenvalue weighted by Crippen LogP contribution is -2.48. The molecule has 0 aromatic heterocycles. The lowest BCUT2D eigenvalue weighted by Gasteiger charge is -2.36. The third-order valence-electron chi connectivity index (χ3n) is 4.93. The Kier molecular flexibility index (Phi) is 8.58. The maximum Gasteiger partial charge on any atom is 0.416 e. The average molecular weight is 462 g/mol. The number of hydrogen-bond acceptors (Lipinski definition) is 5. The van der Waals surface area contributed by atoms with E-state index in [9.17, 15) is 22.8 Å². The Labute approximate surface area is 184 Å². The van der Waals surface area contributed by atoms with Crippen LogP contribution in [0.1, 0.15) is 18.9 Å². The predicted molar refractivity (Wildman–Crippen MR) is 114 cm³/mol. The standard InChI is InChI=1S/C20H27ClF3N5O2/c1-4-15(18(19(31)25-2)29-9-7-28(3)8-10-29)26-12-17(30)27-16-6-5-13(11-14(16)21)20(22,23)24/h5-6,11,26H,4,7-10,12H2,1-3H3,(H,25,31)(H,27,30)/b18-15+. The highest BCUT2D eigenvalue weighted by atomic mass is 35.5. The van der Waals surface area contributed by atoms with Gasteiger partial charge in [-0.15, -0.1) is 0 Å². The molecular weight excluding hydrogens is 435 g/mol. The van der Waals surface area contributed by atoms with Crippen molar-refractivity contribution in [1.82, 2.24) is 20.4 Å². The smallest absolute Gasteiger partial charge is 0.378 e. The number of hydrogen-bond donors (Lipinski definition) is 3. The Balaban J connectivity index is 2.10. The second-order valence-electron chi connectivity index (χ2n) is 7.14. The van der Waals surface area contributed by atoms with Crippen LogP contribution in [-0.4, -0.2) is 68.4 Å². The molecule has 1 aromatic rings. The van der Waals surface area contributed by atoms with Gasteiger partial charge in [0.15, 0.2) is 0 Å². The first-order valence-electron chi connectivity index (χ1n) is 9.86. The van der Waals surface area contributed by atoms with Crippen molar-refractivity contribution in [2.75, 3.05) is 52.1 Å². The number of rotatable bonds is 7. The number of carbonyl (C=O) groups excluding carboxylic acids is 2. The van der Waals surface area contributed by atoms with Crippen LogP contribution in [0, 0.1) is 0 Å². The van der Waals surface area contributed by atoms with Crippen LogP contribution in [0.4, 0.5) is 18.9 Å². The second-order valence-corrected chi connectivity index (χ2v) is 7.55. The molecule has 1 fully saturated rings. The molecule has 0 saturated carbocycles. The van der Waals surface area contributed by atoms with Crippen molar-refractivity contribution < 1.29 is 22.8 Å². The van der Waals surface area contributed by atoms with Gasteiger partial charge in [-0.3, -0.25) is 9.59 Å². The minimum atomic E-state index is -4.52. The van der Waals surface area contributed by atoms with Gasteiger partial charge in [-0.1, -0.05) is 18.5 Å². The number of nitrogens with one attached hydrogen (secondary N) is 3. The normalized spacial score (nSPS) is 15.9. The summed E-state index contributed by atoms with van der Waals surface area (Å²) in [5, 5.41) is 7.92. The fraction of sp³-hybridized carbons (Fsp3) is 0.500. The number of nitrogens with zero attached hydrogens (tertiary/aromatic N) is 2. The lowest BCUT2D eigenvalue weighted by molar-refractivity contribution is -0.137. The quantitative estimate of drug-likeness (QED) is 0.544. The van der Waals surface area contributed by atoms with Crippen LogP contribution in [0.5, 0.6) is 0 Å². The number of piperazine rings is 1. The summed E-state index contributed by atoms with van der Waals surface area (Å²) in [5.74, 6) is -0.748. The average Bonchev–Trinajstić information content (AvgIpc) is 2.72. The van der Waals surface area contributed by atoms with Crippen molar-refractivity contribution in [2.24, 2.45) is 0 Å². The molecule has 0 radical (unpaired) electrons. The maximum absolute atomic E-state index is 12.8. The van der Waals surface area contributed by atoms with Crippen LogP contribution in [0.3, 0.4) is 0 Å². The number of benzene rings is 1. The molecule has 0 unspecified atom stereocenters. The van der Waals surface area contributed by atoms with E-state index in [4.69, 9.17) is 11.6 Å². The minimum absolute atomic E-state index is 0.0779. The van der Waals surface area contributed by atoms with Crippen molar-refractivity contribution in [1.29, 1.82) is 0 Å². The molecule has 31 heavy (non-hydrogen) atoms. The van der Waals surface area contributed by atoms with E-state index in [2.05, 4.69) is 20.9 Å². The fourth-order valence-corrected chi connectivity index (χ4v) is 3.40. The van der Waals surface area contributed by atoms with E-state index in [0.717, 1.165) is 31.3 Å². The van der Waals surface area contributed by atoms with Gasteiger partial charge in [-0.25, -0.2) is 0 Å². The van der Waals surface area contributed by atoms with Gasteiger partial charge in [0.05, 0.1) is 22.8 Å². The molecule has 0 aliphatic carbocycles. The fourth-order valence-electron chi connectivity index (χ4n) is 3.17. The summed E-state index contributed by atoms with van der Waals surface area (Å²) in [6.45, 7) is 4.67. The Morgan fingerprint density at radius 3 is 2.32 bits per heavy atom. The Bertz CT molecular complexity index is 837. The zero-order valence-electron chi connectivity index (χ0n) is 17.7. The van der Waals surface area contributed by atoms with Crippen LogP contribution in [0.25, 0.3) is 0 Å². The molecule has 2 amide bonds. The highest BCUT2D eigenvalue weighted by Gasteiger charge is 2.31. The molecule has 11 heteroatoms. The van der Waals surface area contributed by atoms with Gasteiger partial charge in [-0.05, 0) is 31.7 Å². The summed E-state index contributed by atoms with van der Waals surface area (Å²) >= 11 is 5.89. The van der Waals surface area contributed by atoms with Gasteiger partial charge in [-0.2, -0.15) is 13.2 Å². The Hall–Kier alpha value is -2.46. The third kappa shape index (κ3) is 6.76. The van der Waals surface area contributed by atoms with Crippen molar-refractivity contribution in [3.8, 4) is 0 Å². The maximum atomic E-state index is 12.8. The van der Waals surface area contributed by atoms with Gasteiger partial charge in [0.2, 0.25) is 5.91 Å². The van der Waals surface area contributed by atoms with Gasteiger partial charge in [0.1, 0.15) is 5.70 Å². The molecule has 172 valence electrons. The van der Waals surface area contributed by atoms with Crippen LogP contribution in [0.2, 0.25) is 5.02 Å². The number of amides is 2. The van der Waals surface area contributed by atoms with Crippen molar-refractivity contribution in [3.63, 3.8) is 0 Å². The largest absolute Gasteiger partial charge is 0.416 e. The first kappa shape index (κ1) is 24.8. The van der Waals surface area contributed by atoms with E-state index in [0.29, 0.717) is 30.9 Å². The lowest BCUT2D eigenvalue weighted by atomic mass is 10.2. The number of carbonyl (C=O) groups is 2. The molecule has 0 atom stereocenters. The molecule has 3 N–H and O–H groups in total. The monoisotopic (exact) mass is 461 g/mol. The van der Waals surface area contributed by atoms with E-state index in [1.807, 2.05) is 18.9 Å². The van der Waals surface area contributed by atoms with Crippen molar-refractivity contribution in [2.45, 2.75) is 19.5 Å². The summed E-state index contributed by atoms with van der Waals surface area (Å²) < 4.78 is 38.3. The van der Waals surface area contributed by atoms with Crippen molar-refractivity contribution in [3.05, 3.63) is 40.2 Å². The molecule has 0 bridgehead atoms. The van der Waals surface area contributed by atoms with E-state index >= 15 is 0 Å². The van der Waals surface area contributed by atoms with E-state index in [1.54, 1.807) is 7.05 Å². The molecule has 1 saturated heterocycles. The third-order valence-corrected chi connectivity index (χ3v) is 5.25. The summed E-state index contributed by atoms with van der Waals surface area (Å²) in [5.41, 5.74) is 0.275. The Morgan fingerprint density at radius 1 is 1.16 bits per heavy atom. The molecule has 1 aliphatic rings. The van der Waals surface area contributed by atoms with Crippen LogP contribution in [0.15, 0.2) is 29.6 Å². The topological polar surface area (TPSA) is 76.7 Å². The number of likely N-dealkylation sites (N-methyl/N-ethyl adjacent to an activating group) is 2. The highest BCUT2D eigenvalue weighted by Crippen LogP contribution is 2.33. The molecule has 7 nitrogen and oxygen atoms in total. The predicted octanol–water partition coefficient (Wildman–Crippen LogP) is 2.50. The van der Waals surface area contributed by atoms with E-state index in [-0.39, 0.29) is 23.2 Å². The van der Waals surface area contributed by atoms with Gasteiger partial charge in [0.25, 0.3) is 5.91 Å². The zero-order chi connectivity index (χ0) is 23.2. The van der Waals surface area contributed by atoms with Crippen LogP contribution < -0.4 is 16.0 Å². The second kappa shape index (κ2) is 10.7. The van der Waals surface area contributed by atoms with E-state index in [1.165, 1.54) is 0 Å². The number of anilines is 1. The summed E-state index contributed by atoms with van der Waals surface area (Å²) in [4.78, 5) is 29.0. The molecule has 2 rings (SSSR count). The molecular formula is C20H27ClF3N5O2. The van der Waals surface area contributed by atoms with Gasteiger partial charge < -0.3 is 25.8 Å². The summed E-state index contributed by atoms with van der Waals surface area (Å²) in [6.07, 6.45) is -4.03. The van der Waals surface area contributed by atoms with Gasteiger partial charge in [0, 0.05) is 38.9 Å². The number of halogens is 4. The van der Waals surface area contributed by atoms with Crippen molar-refractivity contribution >= 4 is 29.1 Å². The minimum Gasteiger partial charge on any atom is -0.378 e. The number of alkyl halides is 3. The first-order valence-corrected chi connectivity index (χ1v) is 10.2. The SMILES string of the molecule is CC/C(NCC(=O)Nc1ccc(C(F)(F)F)cc1Cl)=C(/C(=O)NC)N1CCN(C)CC1.